The maximum Gasteiger partial charge on any atom is 0.121 e. The zero-order valence-electron chi connectivity index (χ0n) is 12.4. The van der Waals surface area contributed by atoms with E-state index >= 15 is 0 Å². The summed E-state index contributed by atoms with van der Waals surface area (Å²) in [7, 11) is 1.72. The van der Waals surface area contributed by atoms with Crippen LogP contribution in [0.4, 0.5) is 5.69 Å². The molecule has 1 aliphatic rings. The van der Waals surface area contributed by atoms with E-state index in [2.05, 4.69) is 55.6 Å². The number of nitrogens with one attached hydrogen (secondary N) is 1. The molecule has 2 heteroatoms. The molecule has 1 heterocycles. The number of aryl methyl sites for hydroxylation is 2. The molecule has 0 aromatic heterocycles. The van der Waals surface area contributed by atoms with Crippen LogP contribution >= 0.6 is 0 Å². The second kappa shape index (κ2) is 5.20. The second-order valence-corrected chi connectivity index (χ2v) is 5.48. The Kier molecular flexibility index (Phi) is 3.39. The summed E-state index contributed by atoms with van der Waals surface area (Å²) in [4.78, 5) is 0. The second-order valence-electron chi connectivity index (χ2n) is 5.48. The number of methoxy groups -OCH3 is 1. The molecule has 0 saturated carbocycles. The van der Waals surface area contributed by atoms with Crippen molar-refractivity contribution in [2.45, 2.75) is 32.7 Å². The highest BCUT2D eigenvalue weighted by atomic mass is 16.5. The Bertz CT molecular complexity index is 633. The van der Waals surface area contributed by atoms with E-state index in [9.17, 15) is 0 Å². The summed E-state index contributed by atoms with van der Waals surface area (Å²) < 4.78 is 5.33. The van der Waals surface area contributed by atoms with Crippen molar-refractivity contribution in [1.82, 2.24) is 0 Å². The Hall–Kier alpha value is -1.96. The Labute approximate surface area is 120 Å². The fourth-order valence-electron chi connectivity index (χ4n) is 2.95. The lowest BCUT2D eigenvalue weighted by Crippen LogP contribution is -2.06. The summed E-state index contributed by atoms with van der Waals surface area (Å²) in [5.41, 5.74) is 6.65. The number of hydrogen-bond donors (Lipinski definition) is 1. The zero-order chi connectivity index (χ0) is 14.1. The number of fused-ring (bicyclic) bond motifs is 1. The number of anilines is 1. The van der Waals surface area contributed by atoms with Crippen LogP contribution in [0, 0.1) is 6.92 Å². The molecule has 1 unspecified atom stereocenters. The normalized spacial score (nSPS) is 16.6. The maximum absolute atomic E-state index is 5.33. The van der Waals surface area contributed by atoms with Crippen molar-refractivity contribution in [3.63, 3.8) is 0 Å². The molecule has 0 saturated heterocycles. The molecule has 1 atom stereocenters. The van der Waals surface area contributed by atoms with Gasteiger partial charge >= 0.3 is 0 Å². The minimum Gasteiger partial charge on any atom is -0.496 e. The van der Waals surface area contributed by atoms with Crippen LogP contribution < -0.4 is 10.1 Å². The molecule has 2 aromatic carbocycles. The summed E-state index contributed by atoms with van der Waals surface area (Å²) in [6.45, 7) is 4.30. The van der Waals surface area contributed by atoms with Gasteiger partial charge < -0.3 is 10.1 Å². The van der Waals surface area contributed by atoms with E-state index in [1.807, 2.05) is 0 Å². The molecule has 2 nitrogen and oxygen atoms in total. The van der Waals surface area contributed by atoms with E-state index in [1.165, 1.54) is 27.9 Å². The van der Waals surface area contributed by atoms with Gasteiger partial charge in [0.25, 0.3) is 0 Å². The van der Waals surface area contributed by atoms with Gasteiger partial charge in [-0.15, -0.1) is 0 Å². The van der Waals surface area contributed by atoms with Crippen LogP contribution in [0.25, 0.3) is 0 Å². The lowest BCUT2D eigenvalue weighted by molar-refractivity contribution is 0.411. The minimum atomic E-state index is 0.377. The van der Waals surface area contributed by atoms with Crippen LogP contribution in [-0.2, 0) is 12.8 Å². The van der Waals surface area contributed by atoms with E-state index in [1.54, 1.807) is 7.11 Å². The van der Waals surface area contributed by atoms with Crippen molar-refractivity contribution in [2.75, 3.05) is 12.4 Å². The molecular weight excluding hydrogens is 246 g/mol. The Morgan fingerprint density at radius 3 is 2.75 bits per heavy atom. The van der Waals surface area contributed by atoms with Gasteiger partial charge in [-0.3, -0.25) is 0 Å². The van der Waals surface area contributed by atoms with Crippen LogP contribution in [0.15, 0.2) is 36.4 Å². The average Bonchev–Trinajstić information content (AvgIpc) is 2.89. The van der Waals surface area contributed by atoms with Gasteiger partial charge in [-0.25, -0.2) is 0 Å². The Morgan fingerprint density at radius 2 is 2.05 bits per heavy atom. The van der Waals surface area contributed by atoms with Crippen LogP contribution in [0.3, 0.4) is 0 Å². The van der Waals surface area contributed by atoms with Crippen molar-refractivity contribution >= 4 is 5.69 Å². The van der Waals surface area contributed by atoms with Crippen molar-refractivity contribution in [2.24, 2.45) is 0 Å². The average molecular weight is 267 g/mol. The van der Waals surface area contributed by atoms with E-state index in [0.29, 0.717) is 6.04 Å². The lowest BCUT2D eigenvalue weighted by Gasteiger charge is -2.14. The first-order chi connectivity index (χ1) is 9.71. The van der Waals surface area contributed by atoms with Gasteiger partial charge in [-0.05, 0) is 54.2 Å². The largest absolute Gasteiger partial charge is 0.496 e. The first-order valence-electron chi connectivity index (χ1n) is 7.24. The summed E-state index contributed by atoms with van der Waals surface area (Å²) in [5, 5.41) is 3.63. The third-order valence-corrected chi connectivity index (χ3v) is 4.15. The van der Waals surface area contributed by atoms with E-state index in [4.69, 9.17) is 4.74 Å². The van der Waals surface area contributed by atoms with Gasteiger partial charge in [-0.2, -0.15) is 0 Å². The molecule has 2 aromatic rings. The molecule has 20 heavy (non-hydrogen) atoms. The van der Waals surface area contributed by atoms with Crippen LogP contribution in [-0.4, -0.2) is 7.11 Å². The number of rotatable bonds is 3. The molecule has 1 N–H and O–H groups in total. The molecule has 0 aliphatic carbocycles. The van der Waals surface area contributed by atoms with E-state index in [0.717, 1.165) is 18.6 Å². The maximum atomic E-state index is 5.33. The van der Waals surface area contributed by atoms with Gasteiger partial charge in [0.15, 0.2) is 0 Å². The molecule has 0 bridgehead atoms. The SMILES string of the molecule is CCc1ccc2c(c1)CC(c1ccc(OC)c(C)c1)N2. The van der Waals surface area contributed by atoms with Crippen LogP contribution in [0.1, 0.15) is 35.2 Å². The van der Waals surface area contributed by atoms with E-state index in [-0.39, 0.29) is 0 Å². The third kappa shape index (κ3) is 2.26. The summed E-state index contributed by atoms with van der Waals surface area (Å²) in [5.74, 6) is 0.956. The molecular formula is C18H21NO. The fourth-order valence-corrected chi connectivity index (χ4v) is 2.95. The first-order valence-corrected chi connectivity index (χ1v) is 7.24. The highest BCUT2D eigenvalue weighted by Gasteiger charge is 2.22. The predicted octanol–water partition coefficient (Wildman–Crippen LogP) is 4.28. The minimum absolute atomic E-state index is 0.377. The summed E-state index contributed by atoms with van der Waals surface area (Å²) >= 11 is 0. The van der Waals surface area contributed by atoms with Crippen LogP contribution in [0.5, 0.6) is 5.75 Å². The lowest BCUT2D eigenvalue weighted by atomic mass is 9.99. The quantitative estimate of drug-likeness (QED) is 0.896. The van der Waals surface area contributed by atoms with Crippen molar-refractivity contribution in [3.8, 4) is 5.75 Å². The third-order valence-electron chi connectivity index (χ3n) is 4.15. The van der Waals surface area contributed by atoms with E-state index < -0.39 is 0 Å². The molecule has 0 amide bonds. The molecule has 104 valence electrons. The van der Waals surface area contributed by atoms with Crippen LogP contribution in [0.2, 0.25) is 0 Å². The van der Waals surface area contributed by atoms with Crippen molar-refractivity contribution < 1.29 is 4.74 Å². The predicted molar refractivity (Wildman–Crippen MR) is 83.6 cm³/mol. The smallest absolute Gasteiger partial charge is 0.121 e. The molecule has 0 spiro atoms. The standard InChI is InChI=1S/C18H21NO/c1-4-13-5-7-16-15(10-13)11-17(19-16)14-6-8-18(20-3)12(2)9-14/h5-10,17,19H,4,11H2,1-3H3. The van der Waals surface area contributed by atoms with Gasteiger partial charge in [0.1, 0.15) is 5.75 Å². The Morgan fingerprint density at radius 1 is 1.20 bits per heavy atom. The monoisotopic (exact) mass is 267 g/mol. The number of hydrogen-bond acceptors (Lipinski definition) is 2. The first kappa shape index (κ1) is 13.0. The van der Waals surface area contributed by atoms with Gasteiger partial charge in [-0.1, -0.05) is 31.2 Å². The Balaban J connectivity index is 1.86. The molecule has 3 rings (SSSR count). The number of ether oxygens (including phenoxy) is 1. The van der Waals surface area contributed by atoms with Gasteiger partial charge in [0.05, 0.1) is 13.2 Å². The van der Waals surface area contributed by atoms with Crippen molar-refractivity contribution in [1.29, 1.82) is 0 Å². The fraction of sp³-hybridized carbons (Fsp3) is 0.333. The topological polar surface area (TPSA) is 21.3 Å². The zero-order valence-corrected chi connectivity index (χ0v) is 12.4. The summed E-state index contributed by atoms with van der Waals surface area (Å²) in [6, 6.07) is 13.6. The number of benzene rings is 2. The molecule has 1 aliphatic heterocycles. The molecule has 0 fully saturated rings. The molecule has 0 radical (unpaired) electrons. The van der Waals surface area contributed by atoms with Crippen molar-refractivity contribution in [3.05, 3.63) is 58.7 Å². The highest BCUT2D eigenvalue weighted by molar-refractivity contribution is 5.59. The highest BCUT2D eigenvalue weighted by Crippen LogP contribution is 2.36. The van der Waals surface area contributed by atoms with Gasteiger partial charge in [0, 0.05) is 5.69 Å². The van der Waals surface area contributed by atoms with Gasteiger partial charge in [0.2, 0.25) is 0 Å². The summed E-state index contributed by atoms with van der Waals surface area (Å²) in [6.07, 6.45) is 2.16.